The molecule has 0 unspecified atom stereocenters. The molecule has 1 aromatic heterocycles. The maximum absolute atomic E-state index is 10.5. The van der Waals surface area contributed by atoms with Crippen molar-refractivity contribution in [3.05, 3.63) is 72.1 Å². The summed E-state index contributed by atoms with van der Waals surface area (Å²) in [6.45, 7) is 1.45. The smallest absolute Gasteiger partial charge is 0.195 e. The van der Waals surface area contributed by atoms with Crippen molar-refractivity contribution in [1.29, 1.82) is 0 Å². The van der Waals surface area contributed by atoms with Crippen LogP contribution < -0.4 is 0 Å². The Bertz CT molecular complexity index is 880. The monoisotopic (exact) mass is 394 g/mol. The van der Waals surface area contributed by atoms with Crippen molar-refractivity contribution >= 4 is 11.8 Å². The van der Waals surface area contributed by atoms with Crippen LogP contribution in [0.25, 0.3) is 5.69 Å². The Balaban J connectivity index is 1.38. The number of aromatic nitrogens is 3. The fourth-order valence-electron chi connectivity index (χ4n) is 3.34. The Morgan fingerprint density at radius 3 is 2.43 bits per heavy atom. The predicted molar refractivity (Wildman–Crippen MR) is 113 cm³/mol. The Labute approximate surface area is 170 Å². The molecule has 0 amide bonds. The molecular weight excluding hydrogens is 368 g/mol. The molecule has 1 atom stereocenters. The van der Waals surface area contributed by atoms with Crippen molar-refractivity contribution < 1.29 is 5.11 Å². The minimum atomic E-state index is -0.427. The number of benzene rings is 2. The first-order valence-electron chi connectivity index (χ1n) is 9.75. The highest BCUT2D eigenvalue weighted by Crippen LogP contribution is 2.41. The summed E-state index contributed by atoms with van der Waals surface area (Å²) >= 11 is 1.58. The molecule has 0 saturated heterocycles. The van der Waals surface area contributed by atoms with Crippen molar-refractivity contribution in [2.45, 2.75) is 36.6 Å². The molecule has 146 valence electrons. The highest BCUT2D eigenvalue weighted by Gasteiger charge is 2.31. The topological polar surface area (TPSA) is 54.2 Å². The van der Waals surface area contributed by atoms with E-state index in [2.05, 4.69) is 43.9 Å². The third-order valence-electron chi connectivity index (χ3n) is 4.84. The van der Waals surface area contributed by atoms with Crippen LogP contribution in [-0.4, -0.2) is 50.2 Å². The number of rotatable bonds is 9. The molecule has 5 nitrogen and oxygen atoms in total. The van der Waals surface area contributed by atoms with Crippen molar-refractivity contribution in [2.75, 3.05) is 19.3 Å². The first-order chi connectivity index (χ1) is 13.7. The number of nitrogens with zero attached hydrogens (tertiary/aromatic N) is 4. The number of hydrogen-bond donors (Lipinski definition) is 1. The summed E-state index contributed by atoms with van der Waals surface area (Å²) in [4.78, 5) is 2.15. The Morgan fingerprint density at radius 1 is 1.07 bits per heavy atom. The average Bonchev–Trinajstić information content (AvgIpc) is 3.47. The second kappa shape index (κ2) is 8.90. The molecule has 1 aliphatic rings. The van der Waals surface area contributed by atoms with Gasteiger partial charge in [-0.15, -0.1) is 10.2 Å². The first kappa shape index (κ1) is 19.2. The summed E-state index contributed by atoms with van der Waals surface area (Å²) in [5, 5.41) is 20.3. The minimum Gasteiger partial charge on any atom is -0.391 e. The average molecular weight is 395 g/mol. The number of hydrogen-bond acceptors (Lipinski definition) is 5. The minimum absolute atomic E-state index is 0.427. The molecule has 1 saturated carbocycles. The van der Waals surface area contributed by atoms with Gasteiger partial charge in [-0.2, -0.15) is 0 Å². The van der Waals surface area contributed by atoms with Crippen molar-refractivity contribution in [1.82, 2.24) is 19.7 Å². The Hall–Kier alpha value is -2.15. The highest BCUT2D eigenvalue weighted by atomic mass is 32.2. The van der Waals surface area contributed by atoms with Crippen LogP contribution in [0.5, 0.6) is 0 Å². The van der Waals surface area contributed by atoms with Crippen molar-refractivity contribution in [2.24, 2.45) is 0 Å². The Morgan fingerprint density at radius 2 is 1.75 bits per heavy atom. The Kier molecular flexibility index (Phi) is 6.10. The third kappa shape index (κ3) is 4.82. The van der Waals surface area contributed by atoms with Gasteiger partial charge < -0.3 is 5.11 Å². The van der Waals surface area contributed by atoms with E-state index >= 15 is 0 Å². The third-order valence-corrected chi connectivity index (χ3v) is 5.91. The number of likely N-dealkylation sites (N-methyl/N-ethyl adjacent to an activating group) is 1. The van der Waals surface area contributed by atoms with Gasteiger partial charge >= 0.3 is 0 Å². The number of para-hydroxylation sites is 1. The summed E-state index contributed by atoms with van der Waals surface area (Å²) in [6.07, 6.45) is 1.94. The molecule has 1 fully saturated rings. The maximum Gasteiger partial charge on any atom is 0.195 e. The van der Waals surface area contributed by atoms with E-state index in [1.165, 1.54) is 18.4 Å². The van der Waals surface area contributed by atoms with Gasteiger partial charge in [-0.05, 0) is 37.6 Å². The van der Waals surface area contributed by atoms with Crippen LogP contribution in [0.4, 0.5) is 0 Å². The zero-order valence-corrected chi connectivity index (χ0v) is 16.9. The molecule has 3 aromatic rings. The van der Waals surface area contributed by atoms with Crippen LogP contribution >= 0.6 is 11.8 Å². The lowest BCUT2D eigenvalue weighted by molar-refractivity contribution is 0.142. The van der Waals surface area contributed by atoms with Crippen molar-refractivity contribution in [3.63, 3.8) is 0 Å². The second-order valence-electron chi connectivity index (χ2n) is 7.43. The van der Waals surface area contributed by atoms with Gasteiger partial charge in [0.15, 0.2) is 5.16 Å². The molecule has 0 radical (unpaired) electrons. The van der Waals surface area contributed by atoms with Gasteiger partial charge in [-0.3, -0.25) is 9.47 Å². The lowest BCUT2D eigenvalue weighted by atomic mass is 10.2. The van der Waals surface area contributed by atoms with E-state index in [1.807, 2.05) is 43.4 Å². The molecule has 1 heterocycles. The van der Waals surface area contributed by atoms with E-state index < -0.39 is 6.10 Å². The van der Waals surface area contributed by atoms with Gasteiger partial charge in [-0.25, -0.2) is 0 Å². The van der Waals surface area contributed by atoms with Gasteiger partial charge in [0, 0.05) is 30.4 Å². The normalized spacial score (nSPS) is 15.1. The summed E-state index contributed by atoms with van der Waals surface area (Å²) < 4.78 is 2.16. The van der Waals surface area contributed by atoms with Gasteiger partial charge in [0.05, 0.1) is 6.10 Å². The van der Waals surface area contributed by atoms with E-state index in [4.69, 9.17) is 0 Å². The predicted octanol–water partition coefficient (Wildman–Crippen LogP) is 3.73. The van der Waals surface area contributed by atoms with Gasteiger partial charge in [0.1, 0.15) is 5.82 Å². The number of thioether (sulfide) groups is 1. The zero-order valence-electron chi connectivity index (χ0n) is 16.1. The first-order valence-corrected chi connectivity index (χ1v) is 10.7. The van der Waals surface area contributed by atoms with E-state index in [0.717, 1.165) is 23.2 Å². The lowest BCUT2D eigenvalue weighted by Crippen LogP contribution is -2.30. The number of aliphatic hydroxyl groups is 1. The molecular formula is C22H26N4OS. The van der Waals surface area contributed by atoms with Gasteiger partial charge in [0.25, 0.3) is 0 Å². The van der Waals surface area contributed by atoms with Crippen LogP contribution in [-0.2, 0) is 6.54 Å². The summed E-state index contributed by atoms with van der Waals surface area (Å²) in [7, 11) is 2.04. The lowest BCUT2D eigenvalue weighted by Gasteiger charge is -2.20. The van der Waals surface area contributed by atoms with E-state index in [0.29, 0.717) is 18.2 Å². The summed E-state index contributed by atoms with van der Waals surface area (Å²) in [5.41, 5.74) is 2.34. The number of aliphatic hydroxyl groups excluding tert-OH is 1. The van der Waals surface area contributed by atoms with Crippen LogP contribution in [0.2, 0.25) is 0 Å². The van der Waals surface area contributed by atoms with Gasteiger partial charge in [-0.1, -0.05) is 60.3 Å². The van der Waals surface area contributed by atoms with Crippen LogP contribution in [0.15, 0.2) is 65.8 Å². The molecule has 6 heteroatoms. The molecule has 0 spiro atoms. The van der Waals surface area contributed by atoms with E-state index in [1.54, 1.807) is 11.8 Å². The van der Waals surface area contributed by atoms with E-state index in [9.17, 15) is 5.11 Å². The summed E-state index contributed by atoms with van der Waals surface area (Å²) in [6, 6.07) is 20.6. The fraction of sp³-hybridized carbons (Fsp3) is 0.364. The largest absolute Gasteiger partial charge is 0.391 e. The maximum atomic E-state index is 10.5. The highest BCUT2D eigenvalue weighted by molar-refractivity contribution is 7.99. The molecule has 1 N–H and O–H groups in total. The fourth-order valence-corrected chi connectivity index (χ4v) is 4.22. The standard InChI is InChI=1S/C22H26N4OS/c1-25(14-17-8-4-2-5-9-17)15-20(27)16-28-22-24-23-21(18-12-13-18)26(22)19-10-6-3-7-11-19/h2-11,18,20,27H,12-16H2,1H3/t20-/m1/s1. The van der Waals surface area contributed by atoms with E-state index in [-0.39, 0.29) is 0 Å². The van der Waals surface area contributed by atoms with Crippen LogP contribution in [0.3, 0.4) is 0 Å². The van der Waals surface area contributed by atoms with Crippen LogP contribution in [0.1, 0.15) is 30.1 Å². The van der Waals surface area contributed by atoms with Crippen molar-refractivity contribution in [3.8, 4) is 5.69 Å². The molecule has 2 aromatic carbocycles. The second-order valence-corrected chi connectivity index (χ2v) is 8.42. The SMILES string of the molecule is CN(Cc1ccccc1)C[C@@H](O)CSc1nnc(C2CC2)n1-c1ccccc1. The van der Waals surface area contributed by atoms with Gasteiger partial charge in [0.2, 0.25) is 0 Å². The molecule has 28 heavy (non-hydrogen) atoms. The molecule has 0 aliphatic heterocycles. The molecule has 1 aliphatic carbocycles. The molecule has 4 rings (SSSR count). The zero-order chi connectivity index (χ0) is 19.3. The summed E-state index contributed by atoms with van der Waals surface area (Å²) in [5.74, 6) is 2.16. The van der Waals surface area contributed by atoms with Crippen LogP contribution in [0, 0.1) is 0 Å². The quantitative estimate of drug-likeness (QED) is 0.561. The molecule has 0 bridgehead atoms.